The smallest absolute Gasteiger partial charge is 0.232 e. The molecule has 0 aromatic heterocycles. The van der Waals surface area contributed by atoms with Crippen molar-refractivity contribution >= 4 is 21.6 Å². The number of hydrogen-bond donors (Lipinski definition) is 1. The average molecular weight is 360 g/mol. The quantitative estimate of drug-likeness (QED) is 0.825. The van der Waals surface area contributed by atoms with E-state index >= 15 is 0 Å². The second-order valence-electron chi connectivity index (χ2n) is 6.12. The minimum absolute atomic E-state index is 0.0954. The van der Waals surface area contributed by atoms with Crippen molar-refractivity contribution in [1.29, 1.82) is 0 Å². The molecular weight excluding hydrogens is 336 g/mol. The molecule has 5 nitrogen and oxygen atoms in total. The summed E-state index contributed by atoms with van der Waals surface area (Å²) in [6.45, 7) is 3.95. The van der Waals surface area contributed by atoms with Crippen LogP contribution in [0.25, 0.3) is 0 Å². The van der Waals surface area contributed by atoms with Crippen molar-refractivity contribution in [3.8, 4) is 0 Å². The van der Waals surface area contributed by atoms with Gasteiger partial charge in [0.2, 0.25) is 15.9 Å². The third-order valence-corrected chi connectivity index (χ3v) is 5.14. The van der Waals surface area contributed by atoms with E-state index in [1.807, 2.05) is 56.3 Å². The molecule has 0 bridgehead atoms. The molecule has 0 saturated carbocycles. The van der Waals surface area contributed by atoms with Crippen LogP contribution in [-0.2, 0) is 14.8 Å². The van der Waals surface area contributed by atoms with Crippen LogP contribution in [0, 0.1) is 6.92 Å². The number of anilines is 1. The van der Waals surface area contributed by atoms with Crippen molar-refractivity contribution in [2.75, 3.05) is 17.1 Å². The molecule has 1 unspecified atom stereocenters. The van der Waals surface area contributed by atoms with Crippen LogP contribution in [-0.4, -0.2) is 27.1 Å². The molecule has 0 saturated heterocycles. The highest BCUT2D eigenvalue weighted by Crippen LogP contribution is 2.19. The van der Waals surface area contributed by atoms with Crippen LogP contribution in [0.1, 0.15) is 30.5 Å². The molecule has 2 aromatic rings. The van der Waals surface area contributed by atoms with Crippen LogP contribution in [0.5, 0.6) is 0 Å². The monoisotopic (exact) mass is 360 g/mol. The summed E-state index contributed by atoms with van der Waals surface area (Å²) < 4.78 is 25.4. The molecule has 1 N–H and O–H groups in total. The van der Waals surface area contributed by atoms with Gasteiger partial charge < -0.3 is 5.32 Å². The van der Waals surface area contributed by atoms with Gasteiger partial charge in [-0.05, 0) is 31.5 Å². The van der Waals surface area contributed by atoms with Crippen molar-refractivity contribution in [2.24, 2.45) is 0 Å². The first-order valence-electron chi connectivity index (χ1n) is 8.16. The van der Waals surface area contributed by atoms with E-state index in [-0.39, 0.29) is 24.9 Å². The number of nitrogens with one attached hydrogen (secondary N) is 1. The molecule has 2 rings (SSSR count). The summed E-state index contributed by atoms with van der Waals surface area (Å²) in [5.41, 5.74) is 2.62. The summed E-state index contributed by atoms with van der Waals surface area (Å²) in [5, 5.41) is 2.90. The predicted molar refractivity (Wildman–Crippen MR) is 101 cm³/mol. The number of carbonyl (C=O) groups is 1. The number of hydrogen-bond acceptors (Lipinski definition) is 3. The SMILES string of the molecule is Cc1ccc(N(CCC(=O)NC(C)c2ccccc2)S(C)(=O)=O)cc1. The summed E-state index contributed by atoms with van der Waals surface area (Å²) in [4.78, 5) is 12.2. The fourth-order valence-corrected chi connectivity index (χ4v) is 3.47. The van der Waals surface area contributed by atoms with Gasteiger partial charge in [-0.25, -0.2) is 8.42 Å². The molecule has 1 amide bonds. The van der Waals surface area contributed by atoms with E-state index in [9.17, 15) is 13.2 Å². The van der Waals surface area contributed by atoms with Crippen molar-refractivity contribution in [3.63, 3.8) is 0 Å². The van der Waals surface area contributed by atoms with E-state index in [4.69, 9.17) is 0 Å². The molecule has 0 spiro atoms. The highest BCUT2D eigenvalue weighted by Gasteiger charge is 2.19. The standard InChI is InChI=1S/C19H24N2O3S/c1-15-9-11-18(12-10-15)21(25(3,23)24)14-13-19(22)20-16(2)17-7-5-4-6-8-17/h4-12,16H,13-14H2,1-3H3,(H,20,22). The number of amides is 1. The Labute approximate surface area is 149 Å². The summed E-state index contributed by atoms with van der Waals surface area (Å²) in [7, 11) is -3.45. The molecule has 1 atom stereocenters. The van der Waals surface area contributed by atoms with Crippen LogP contribution in [0.3, 0.4) is 0 Å². The Balaban J connectivity index is 2.00. The first-order valence-corrected chi connectivity index (χ1v) is 10.0. The molecule has 0 aliphatic carbocycles. The van der Waals surface area contributed by atoms with Crippen LogP contribution < -0.4 is 9.62 Å². The summed E-state index contributed by atoms with van der Waals surface area (Å²) >= 11 is 0. The number of carbonyl (C=O) groups excluding carboxylic acids is 1. The maximum Gasteiger partial charge on any atom is 0.232 e. The zero-order chi connectivity index (χ0) is 18.4. The zero-order valence-corrected chi connectivity index (χ0v) is 15.6. The van der Waals surface area contributed by atoms with Gasteiger partial charge in [0, 0.05) is 13.0 Å². The maximum atomic E-state index is 12.2. The van der Waals surface area contributed by atoms with Crippen molar-refractivity contribution < 1.29 is 13.2 Å². The number of nitrogens with zero attached hydrogens (tertiary/aromatic N) is 1. The van der Waals surface area contributed by atoms with Crippen molar-refractivity contribution in [1.82, 2.24) is 5.32 Å². The number of aryl methyl sites for hydroxylation is 1. The topological polar surface area (TPSA) is 66.5 Å². The molecular formula is C19H24N2O3S. The lowest BCUT2D eigenvalue weighted by molar-refractivity contribution is -0.121. The largest absolute Gasteiger partial charge is 0.350 e. The van der Waals surface area contributed by atoms with Gasteiger partial charge in [-0.3, -0.25) is 9.10 Å². The van der Waals surface area contributed by atoms with Gasteiger partial charge in [-0.2, -0.15) is 0 Å². The van der Waals surface area contributed by atoms with Gasteiger partial charge in [0.1, 0.15) is 0 Å². The zero-order valence-electron chi connectivity index (χ0n) is 14.8. The Morgan fingerprint density at radius 2 is 1.68 bits per heavy atom. The highest BCUT2D eigenvalue weighted by molar-refractivity contribution is 7.92. The number of sulfonamides is 1. The maximum absolute atomic E-state index is 12.2. The lowest BCUT2D eigenvalue weighted by Crippen LogP contribution is -2.35. The lowest BCUT2D eigenvalue weighted by atomic mass is 10.1. The first kappa shape index (κ1) is 19.0. The molecule has 134 valence electrons. The Kier molecular flexibility index (Phi) is 6.20. The average Bonchev–Trinajstić information content (AvgIpc) is 2.56. The summed E-state index contributed by atoms with van der Waals surface area (Å²) in [5.74, 6) is -0.183. The van der Waals surface area contributed by atoms with Gasteiger partial charge in [-0.15, -0.1) is 0 Å². The molecule has 2 aromatic carbocycles. The van der Waals surface area contributed by atoms with Crippen LogP contribution >= 0.6 is 0 Å². The van der Waals surface area contributed by atoms with E-state index in [2.05, 4.69) is 5.32 Å². The second-order valence-corrected chi connectivity index (χ2v) is 8.03. The predicted octanol–water partition coefficient (Wildman–Crippen LogP) is 3.03. The highest BCUT2D eigenvalue weighted by atomic mass is 32.2. The molecule has 25 heavy (non-hydrogen) atoms. The Morgan fingerprint density at radius 1 is 1.08 bits per heavy atom. The Hall–Kier alpha value is -2.34. The first-order chi connectivity index (χ1) is 11.8. The van der Waals surface area contributed by atoms with E-state index in [0.717, 1.165) is 17.4 Å². The van der Waals surface area contributed by atoms with Gasteiger partial charge in [0.25, 0.3) is 0 Å². The van der Waals surface area contributed by atoms with E-state index in [1.54, 1.807) is 12.1 Å². The fraction of sp³-hybridized carbons (Fsp3) is 0.316. The van der Waals surface area contributed by atoms with Crippen LogP contribution in [0.2, 0.25) is 0 Å². The molecule has 0 heterocycles. The second kappa shape index (κ2) is 8.16. The summed E-state index contributed by atoms with van der Waals surface area (Å²) in [6, 6.07) is 16.7. The Morgan fingerprint density at radius 3 is 2.24 bits per heavy atom. The number of benzene rings is 2. The lowest BCUT2D eigenvalue weighted by Gasteiger charge is -2.23. The van der Waals surface area contributed by atoms with Crippen LogP contribution in [0.4, 0.5) is 5.69 Å². The minimum Gasteiger partial charge on any atom is -0.350 e. The normalized spacial score (nSPS) is 12.4. The van der Waals surface area contributed by atoms with Crippen LogP contribution in [0.15, 0.2) is 54.6 Å². The fourth-order valence-electron chi connectivity index (χ4n) is 2.54. The third kappa shape index (κ3) is 5.60. The molecule has 0 radical (unpaired) electrons. The Bertz CT molecular complexity index is 802. The molecule has 0 fully saturated rings. The van der Waals surface area contributed by atoms with Crippen molar-refractivity contribution in [2.45, 2.75) is 26.3 Å². The van der Waals surface area contributed by atoms with Gasteiger partial charge in [0.05, 0.1) is 18.0 Å². The minimum atomic E-state index is -3.45. The van der Waals surface area contributed by atoms with E-state index in [0.29, 0.717) is 5.69 Å². The number of rotatable bonds is 7. The van der Waals surface area contributed by atoms with Gasteiger partial charge in [-0.1, -0.05) is 48.0 Å². The molecule has 0 aliphatic heterocycles. The molecule has 6 heteroatoms. The van der Waals surface area contributed by atoms with Gasteiger partial charge >= 0.3 is 0 Å². The van der Waals surface area contributed by atoms with E-state index in [1.165, 1.54) is 4.31 Å². The van der Waals surface area contributed by atoms with Crippen molar-refractivity contribution in [3.05, 3.63) is 65.7 Å². The molecule has 0 aliphatic rings. The summed E-state index contributed by atoms with van der Waals surface area (Å²) in [6.07, 6.45) is 1.25. The van der Waals surface area contributed by atoms with E-state index < -0.39 is 10.0 Å². The third-order valence-electron chi connectivity index (χ3n) is 3.94. The van der Waals surface area contributed by atoms with Gasteiger partial charge in [0.15, 0.2) is 0 Å².